The number of fused-ring (bicyclic) bond motifs is 1. The van der Waals surface area contributed by atoms with E-state index in [2.05, 4.69) is 20.2 Å². The first-order valence-electron chi connectivity index (χ1n) is 8.87. The van der Waals surface area contributed by atoms with Gasteiger partial charge >= 0.3 is 0 Å². The second kappa shape index (κ2) is 7.04. The standard InChI is InChI=1S/C20H20ClN5O/c1-23-10-12-6-15(19(27)9-17(12)22)18-8-16(21)14-7-13(11-24-20(14)25-18)26-4-2-3-5-26/h6-11,22-23,27H,2-5H2,1H3/b12-10-,22-17?. The Bertz CT molecular complexity index is 1020. The summed E-state index contributed by atoms with van der Waals surface area (Å²) in [5, 5.41) is 22.5. The molecule has 3 N–H and O–H groups in total. The summed E-state index contributed by atoms with van der Waals surface area (Å²) < 4.78 is 0. The minimum absolute atomic E-state index is 0.00939. The molecule has 1 aliphatic carbocycles. The van der Waals surface area contributed by atoms with Crippen LogP contribution in [0.5, 0.6) is 0 Å². The molecule has 1 aliphatic heterocycles. The van der Waals surface area contributed by atoms with Crippen molar-refractivity contribution in [1.82, 2.24) is 15.3 Å². The van der Waals surface area contributed by atoms with Gasteiger partial charge in [0.15, 0.2) is 5.65 Å². The van der Waals surface area contributed by atoms with Crippen LogP contribution >= 0.6 is 11.6 Å². The molecular weight excluding hydrogens is 362 g/mol. The van der Waals surface area contributed by atoms with Crippen LogP contribution in [0.1, 0.15) is 18.5 Å². The quantitative estimate of drug-likeness (QED) is 0.752. The van der Waals surface area contributed by atoms with E-state index in [1.165, 1.54) is 18.9 Å². The maximum absolute atomic E-state index is 10.3. The molecular formula is C20H20ClN5O. The number of anilines is 1. The number of hydrogen-bond acceptors (Lipinski definition) is 6. The summed E-state index contributed by atoms with van der Waals surface area (Å²) in [4.78, 5) is 11.4. The number of hydrogen-bond donors (Lipinski definition) is 3. The number of nitrogens with one attached hydrogen (secondary N) is 2. The van der Waals surface area contributed by atoms with Gasteiger partial charge in [0.1, 0.15) is 5.76 Å². The first-order valence-corrected chi connectivity index (χ1v) is 9.25. The van der Waals surface area contributed by atoms with Gasteiger partial charge in [-0.15, -0.1) is 0 Å². The highest BCUT2D eigenvalue weighted by Crippen LogP contribution is 2.32. The number of rotatable bonds is 3. The zero-order valence-corrected chi connectivity index (χ0v) is 15.7. The zero-order valence-electron chi connectivity index (χ0n) is 15.0. The molecule has 138 valence electrons. The van der Waals surface area contributed by atoms with Crippen LogP contribution in [-0.2, 0) is 0 Å². The first-order chi connectivity index (χ1) is 13.1. The van der Waals surface area contributed by atoms with Gasteiger partial charge in [0, 0.05) is 48.9 Å². The van der Waals surface area contributed by atoms with Crippen molar-refractivity contribution in [3.63, 3.8) is 0 Å². The third-order valence-electron chi connectivity index (χ3n) is 4.81. The molecule has 0 spiro atoms. The van der Waals surface area contributed by atoms with E-state index in [1.807, 2.05) is 12.3 Å². The highest BCUT2D eigenvalue weighted by Gasteiger charge is 2.20. The van der Waals surface area contributed by atoms with Gasteiger partial charge in [-0.25, -0.2) is 9.97 Å². The van der Waals surface area contributed by atoms with Crippen LogP contribution in [0.2, 0.25) is 5.02 Å². The van der Waals surface area contributed by atoms with Crippen LogP contribution in [0.4, 0.5) is 5.69 Å². The molecule has 0 bridgehead atoms. The molecule has 7 heteroatoms. The van der Waals surface area contributed by atoms with Crippen molar-refractivity contribution in [3.05, 3.63) is 58.7 Å². The molecule has 27 heavy (non-hydrogen) atoms. The van der Waals surface area contributed by atoms with E-state index in [0.717, 1.165) is 24.2 Å². The van der Waals surface area contributed by atoms with Gasteiger partial charge in [0.05, 0.1) is 28.3 Å². The third-order valence-corrected chi connectivity index (χ3v) is 5.13. The number of pyridine rings is 2. The average molecular weight is 382 g/mol. The molecule has 2 aliphatic rings. The molecule has 1 saturated heterocycles. The van der Waals surface area contributed by atoms with Crippen LogP contribution in [-0.4, -0.2) is 40.9 Å². The van der Waals surface area contributed by atoms with E-state index < -0.39 is 0 Å². The number of aliphatic hydroxyl groups is 1. The Balaban J connectivity index is 1.78. The predicted molar refractivity (Wildman–Crippen MR) is 110 cm³/mol. The largest absolute Gasteiger partial charge is 0.507 e. The first kappa shape index (κ1) is 17.5. The van der Waals surface area contributed by atoms with Crippen LogP contribution < -0.4 is 10.2 Å². The number of aliphatic hydroxyl groups excluding tert-OH is 1. The average Bonchev–Trinajstić information content (AvgIpc) is 3.18. The van der Waals surface area contributed by atoms with Gasteiger partial charge in [-0.3, -0.25) is 0 Å². The third kappa shape index (κ3) is 3.28. The summed E-state index contributed by atoms with van der Waals surface area (Å²) in [6, 6.07) is 3.76. The number of aromatic nitrogens is 2. The predicted octanol–water partition coefficient (Wildman–Crippen LogP) is 3.85. The van der Waals surface area contributed by atoms with Crippen molar-refractivity contribution in [2.24, 2.45) is 0 Å². The number of nitrogens with zero attached hydrogens (tertiary/aromatic N) is 3. The normalized spacial score (nSPS) is 18.8. The fourth-order valence-corrected chi connectivity index (χ4v) is 3.67. The van der Waals surface area contributed by atoms with E-state index in [9.17, 15) is 5.11 Å². The molecule has 4 rings (SSSR count). The Morgan fingerprint density at radius 3 is 2.78 bits per heavy atom. The molecule has 0 unspecified atom stereocenters. The van der Waals surface area contributed by atoms with E-state index in [-0.39, 0.29) is 11.5 Å². The molecule has 0 aromatic carbocycles. The lowest BCUT2D eigenvalue weighted by Crippen LogP contribution is -2.17. The fourth-order valence-electron chi connectivity index (χ4n) is 3.43. The Kier molecular flexibility index (Phi) is 4.58. The highest BCUT2D eigenvalue weighted by molar-refractivity contribution is 6.35. The molecule has 0 amide bonds. The van der Waals surface area contributed by atoms with Gasteiger partial charge in [0.2, 0.25) is 0 Å². The molecule has 0 atom stereocenters. The van der Waals surface area contributed by atoms with Gasteiger partial charge in [-0.2, -0.15) is 0 Å². The van der Waals surface area contributed by atoms with Crippen LogP contribution in [0.3, 0.4) is 0 Å². The van der Waals surface area contributed by atoms with Crippen molar-refractivity contribution < 1.29 is 5.11 Å². The van der Waals surface area contributed by atoms with Crippen molar-refractivity contribution >= 4 is 39.6 Å². The van der Waals surface area contributed by atoms with Crippen LogP contribution in [0, 0.1) is 5.41 Å². The number of allylic oxidation sites excluding steroid dienone is 4. The molecule has 0 saturated carbocycles. The van der Waals surface area contributed by atoms with Crippen molar-refractivity contribution in [3.8, 4) is 0 Å². The van der Waals surface area contributed by atoms with Crippen molar-refractivity contribution in [2.45, 2.75) is 12.8 Å². The summed E-state index contributed by atoms with van der Waals surface area (Å²) >= 11 is 6.54. The van der Waals surface area contributed by atoms with E-state index in [1.54, 1.807) is 25.4 Å². The SMILES string of the molecule is CN/C=C1/C=C(c2cc(Cl)c3cc(N4CCCC4)cnc3n2)C(O)=CC1=N. The lowest BCUT2D eigenvalue weighted by atomic mass is 9.96. The van der Waals surface area contributed by atoms with Gasteiger partial charge in [0.25, 0.3) is 0 Å². The van der Waals surface area contributed by atoms with Gasteiger partial charge in [-0.1, -0.05) is 11.6 Å². The number of halogens is 1. The summed E-state index contributed by atoms with van der Waals surface area (Å²) in [5.41, 5.74) is 3.52. The van der Waals surface area contributed by atoms with Crippen LogP contribution in [0.15, 0.2) is 48.0 Å². The van der Waals surface area contributed by atoms with Crippen LogP contribution in [0.25, 0.3) is 16.6 Å². The van der Waals surface area contributed by atoms with Crippen molar-refractivity contribution in [2.75, 3.05) is 25.0 Å². The monoisotopic (exact) mass is 381 g/mol. The van der Waals surface area contributed by atoms with Gasteiger partial charge in [-0.05, 0) is 31.1 Å². The van der Waals surface area contributed by atoms with Crippen molar-refractivity contribution in [1.29, 1.82) is 5.41 Å². The zero-order chi connectivity index (χ0) is 19.0. The second-order valence-corrected chi connectivity index (χ2v) is 7.04. The van der Waals surface area contributed by atoms with E-state index >= 15 is 0 Å². The summed E-state index contributed by atoms with van der Waals surface area (Å²) in [6.07, 6.45) is 9.04. The minimum atomic E-state index is -0.00939. The Labute approximate surface area is 162 Å². The topological polar surface area (TPSA) is 85.1 Å². The Hall–Kier alpha value is -2.86. The summed E-state index contributed by atoms with van der Waals surface area (Å²) in [6.45, 7) is 2.07. The molecule has 0 radical (unpaired) electrons. The smallest absolute Gasteiger partial charge is 0.161 e. The summed E-state index contributed by atoms with van der Waals surface area (Å²) in [7, 11) is 1.76. The highest BCUT2D eigenvalue weighted by atomic mass is 35.5. The molecule has 2 aromatic rings. The Morgan fingerprint density at radius 2 is 2.04 bits per heavy atom. The second-order valence-electron chi connectivity index (χ2n) is 6.64. The molecule has 3 heterocycles. The molecule has 1 fully saturated rings. The lowest BCUT2D eigenvalue weighted by molar-refractivity contribution is 0.438. The maximum atomic E-state index is 10.3. The Morgan fingerprint density at radius 1 is 1.26 bits per heavy atom. The summed E-state index contributed by atoms with van der Waals surface area (Å²) in [5.74, 6) is -0.00939. The van der Waals surface area contributed by atoms with E-state index in [0.29, 0.717) is 27.5 Å². The fraction of sp³-hybridized carbons (Fsp3) is 0.250. The molecule has 2 aromatic heterocycles. The van der Waals surface area contributed by atoms with Gasteiger partial charge < -0.3 is 20.7 Å². The maximum Gasteiger partial charge on any atom is 0.161 e. The minimum Gasteiger partial charge on any atom is -0.507 e. The van der Waals surface area contributed by atoms with E-state index in [4.69, 9.17) is 17.0 Å². The molecule has 6 nitrogen and oxygen atoms in total. The lowest BCUT2D eigenvalue weighted by Gasteiger charge is -2.18.